The highest BCUT2D eigenvalue weighted by Gasteiger charge is 2.34. The lowest BCUT2D eigenvalue weighted by atomic mass is 10.1. The summed E-state index contributed by atoms with van der Waals surface area (Å²) < 4.78 is 11.4. The van der Waals surface area contributed by atoms with Crippen LogP contribution in [0.5, 0.6) is 11.5 Å². The number of amides is 2. The molecule has 27 heavy (non-hydrogen) atoms. The van der Waals surface area contributed by atoms with E-state index in [0.29, 0.717) is 22.7 Å². The fourth-order valence-electron chi connectivity index (χ4n) is 2.59. The molecule has 8 heteroatoms. The highest BCUT2D eigenvalue weighted by Crippen LogP contribution is 2.28. The molecular formula is C19H15BrN2O4S. The molecule has 2 aromatic carbocycles. The van der Waals surface area contributed by atoms with Gasteiger partial charge in [0.05, 0.1) is 19.9 Å². The van der Waals surface area contributed by atoms with Crippen molar-refractivity contribution in [2.45, 2.75) is 0 Å². The monoisotopic (exact) mass is 446 g/mol. The van der Waals surface area contributed by atoms with Gasteiger partial charge in [-0.2, -0.15) is 0 Å². The SMILES string of the molecule is COc1ccc(OC)c(/C=C2\C(=O)NC(=S)N(c3ccc(Br)cc3)C2=O)c1. The Labute approximate surface area is 169 Å². The summed E-state index contributed by atoms with van der Waals surface area (Å²) in [6.07, 6.45) is 1.46. The van der Waals surface area contributed by atoms with E-state index in [1.165, 1.54) is 25.2 Å². The quantitative estimate of drug-likeness (QED) is 0.443. The van der Waals surface area contributed by atoms with Gasteiger partial charge in [0.15, 0.2) is 5.11 Å². The lowest BCUT2D eigenvalue weighted by molar-refractivity contribution is -0.122. The number of rotatable bonds is 4. The van der Waals surface area contributed by atoms with Crippen LogP contribution in [0, 0.1) is 0 Å². The highest BCUT2D eigenvalue weighted by atomic mass is 79.9. The Bertz CT molecular complexity index is 957. The van der Waals surface area contributed by atoms with Gasteiger partial charge in [0.1, 0.15) is 17.1 Å². The molecular weight excluding hydrogens is 432 g/mol. The molecule has 1 heterocycles. The fraction of sp³-hybridized carbons (Fsp3) is 0.105. The number of carbonyl (C=O) groups is 2. The van der Waals surface area contributed by atoms with Gasteiger partial charge in [0.25, 0.3) is 11.8 Å². The number of benzene rings is 2. The molecule has 1 aliphatic rings. The first-order chi connectivity index (χ1) is 12.9. The number of ether oxygens (including phenoxy) is 2. The number of hydrogen-bond acceptors (Lipinski definition) is 5. The van der Waals surface area contributed by atoms with E-state index in [-0.39, 0.29) is 10.7 Å². The third kappa shape index (κ3) is 3.86. The summed E-state index contributed by atoms with van der Waals surface area (Å²) in [5.41, 5.74) is 1.04. The van der Waals surface area contributed by atoms with Gasteiger partial charge in [0, 0.05) is 10.0 Å². The second-order valence-electron chi connectivity index (χ2n) is 5.54. The first-order valence-corrected chi connectivity index (χ1v) is 9.03. The van der Waals surface area contributed by atoms with E-state index in [4.69, 9.17) is 21.7 Å². The maximum Gasteiger partial charge on any atom is 0.270 e. The predicted molar refractivity (Wildman–Crippen MR) is 110 cm³/mol. The smallest absolute Gasteiger partial charge is 0.270 e. The fourth-order valence-corrected chi connectivity index (χ4v) is 3.14. The molecule has 0 bridgehead atoms. The van der Waals surface area contributed by atoms with Crippen molar-refractivity contribution in [3.63, 3.8) is 0 Å². The topological polar surface area (TPSA) is 67.9 Å². The van der Waals surface area contributed by atoms with Gasteiger partial charge >= 0.3 is 0 Å². The van der Waals surface area contributed by atoms with Crippen molar-refractivity contribution in [2.75, 3.05) is 19.1 Å². The lowest BCUT2D eigenvalue weighted by Crippen LogP contribution is -2.54. The van der Waals surface area contributed by atoms with Crippen LogP contribution in [-0.2, 0) is 9.59 Å². The average molecular weight is 447 g/mol. The zero-order chi connectivity index (χ0) is 19.6. The maximum atomic E-state index is 13.0. The van der Waals surface area contributed by atoms with Crippen LogP contribution >= 0.6 is 28.1 Å². The van der Waals surface area contributed by atoms with Crippen molar-refractivity contribution in [3.8, 4) is 11.5 Å². The summed E-state index contributed by atoms with van der Waals surface area (Å²) in [5, 5.41) is 2.58. The van der Waals surface area contributed by atoms with Crippen molar-refractivity contribution in [1.82, 2.24) is 5.32 Å². The molecule has 0 saturated carbocycles. The van der Waals surface area contributed by atoms with Gasteiger partial charge in [-0.3, -0.25) is 19.8 Å². The molecule has 0 aliphatic carbocycles. The van der Waals surface area contributed by atoms with Crippen LogP contribution in [0.4, 0.5) is 5.69 Å². The van der Waals surface area contributed by atoms with E-state index in [0.717, 1.165) is 4.47 Å². The van der Waals surface area contributed by atoms with Gasteiger partial charge < -0.3 is 9.47 Å². The summed E-state index contributed by atoms with van der Waals surface area (Å²) in [4.78, 5) is 26.7. The molecule has 0 aromatic heterocycles. The largest absolute Gasteiger partial charge is 0.497 e. The average Bonchev–Trinajstić information content (AvgIpc) is 2.66. The maximum absolute atomic E-state index is 13.0. The highest BCUT2D eigenvalue weighted by molar-refractivity contribution is 9.10. The zero-order valence-electron chi connectivity index (χ0n) is 14.5. The van der Waals surface area contributed by atoms with Gasteiger partial charge in [-0.1, -0.05) is 15.9 Å². The van der Waals surface area contributed by atoms with Crippen molar-refractivity contribution in [1.29, 1.82) is 0 Å². The molecule has 2 amide bonds. The van der Waals surface area contributed by atoms with Crippen LogP contribution in [0.25, 0.3) is 6.08 Å². The van der Waals surface area contributed by atoms with Gasteiger partial charge in [0.2, 0.25) is 0 Å². The first-order valence-electron chi connectivity index (χ1n) is 7.83. The predicted octanol–water partition coefficient (Wildman–Crippen LogP) is 3.30. The standard InChI is InChI=1S/C19H15BrN2O4S/c1-25-14-7-8-16(26-2)11(9-14)10-15-17(23)21-19(27)22(18(15)24)13-5-3-12(20)4-6-13/h3-10H,1-2H3,(H,21,23,27)/b15-10+. The molecule has 138 valence electrons. The zero-order valence-corrected chi connectivity index (χ0v) is 16.9. The molecule has 2 aromatic rings. The Morgan fingerprint density at radius 1 is 1.07 bits per heavy atom. The van der Waals surface area contributed by atoms with Gasteiger partial charge in [-0.15, -0.1) is 0 Å². The second-order valence-corrected chi connectivity index (χ2v) is 6.84. The molecule has 6 nitrogen and oxygen atoms in total. The normalized spacial score (nSPS) is 15.7. The van der Waals surface area contributed by atoms with Crippen LogP contribution in [0.3, 0.4) is 0 Å². The summed E-state index contributed by atoms with van der Waals surface area (Å²) in [6, 6.07) is 12.2. The molecule has 0 atom stereocenters. The summed E-state index contributed by atoms with van der Waals surface area (Å²) in [6.45, 7) is 0. The molecule has 3 rings (SSSR count). The Balaban J connectivity index is 2.05. The van der Waals surface area contributed by atoms with E-state index in [1.54, 1.807) is 42.5 Å². The molecule has 0 unspecified atom stereocenters. The third-order valence-corrected chi connectivity index (χ3v) is 4.74. The van der Waals surface area contributed by atoms with E-state index in [1.807, 2.05) is 0 Å². The number of thiocarbonyl (C=S) groups is 1. The number of carbonyl (C=O) groups excluding carboxylic acids is 2. The number of nitrogens with one attached hydrogen (secondary N) is 1. The number of halogens is 1. The summed E-state index contributed by atoms with van der Waals surface area (Å²) in [5.74, 6) is -0.00183. The summed E-state index contributed by atoms with van der Waals surface area (Å²) >= 11 is 8.54. The Morgan fingerprint density at radius 3 is 2.41 bits per heavy atom. The van der Waals surface area contributed by atoms with Crippen molar-refractivity contribution in [2.24, 2.45) is 0 Å². The number of anilines is 1. The van der Waals surface area contributed by atoms with Crippen LogP contribution in [-0.4, -0.2) is 31.1 Å². The molecule has 0 radical (unpaired) electrons. The van der Waals surface area contributed by atoms with Crippen LogP contribution in [0.2, 0.25) is 0 Å². The minimum atomic E-state index is -0.566. The molecule has 0 spiro atoms. The van der Waals surface area contributed by atoms with Crippen molar-refractivity contribution in [3.05, 3.63) is 58.1 Å². The van der Waals surface area contributed by atoms with E-state index in [2.05, 4.69) is 21.2 Å². The third-order valence-electron chi connectivity index (χ3n) is 3.92. The van der Waals surface area contributed by atoms with Crippen molar-refractivity contribution < 1.29 is 19.1 Å². The van der Waals surface area contributed by atoms with Crippen LogP contribution in [0.15, 0.2) is 52.5 Å². The van der Waals surface area contributed by atoms with E-state index in [9.17, 15) is 9.59 Å². The Kier molecular flexibility index (Phi) is 5.57. The lowest BCUT2D eigenvalue weighted by Gasteiger charge is -2.29. The minimum Gasteiger partial charge on any atom is -0.497 e. The molecule has 1 saturated heterocycles. The number of methoxy groups -OCH3 is 2. The summed E-state index contributed by atoms with van der Waals surface area (Å²) in [7, 11) is 3.04. The van der Waals surface area contributed by atoms with Crippen molar-refractivity contribution >= 4 is 56.8 Å². The minimum absolute atomic E-state index is 0.0297. The van der Waals surface area contributed by atoms with Crippen LogP contribution in [0.1, 0.15) is 5.56 Å². The van der Waals surface area contributed by atoms with E-state index < -0.39 is 11.8 Å². The number of nitrogens with zero attached hydrogens (tertiary/aromatic N) is 1. The first kappa shape index (κ1) is 19.1. The molecule has 1 fully saturated rings. The van der Waals surface area contributed by atoms with Gasteiger partial charge in [-0.05, 0) is 60.8 Å². The molecule has 1 N–H and O–H groups in total. The molecule has 1 aliphatic heterocycles. The Morgan fingerprint density at radius 2 is 1.78 bits per heavy atom. The Hall–Kier alpha value is -2.71. The van der Waals surface area contributed by atoms with Gasteiger partial charge in [-0.25, -0.2) is 0 Å². The number of hydrogen-bond donors (Lipinski definition) is 1. The second kappa shape index (κ2) is 7.89. The van der Waals surface area contributed by atoms with E-state index >= 15 is 0 Å². The van der Waals surface area contributed by atoms with Crippen LogP contribution < -0.4 is 19.7 Å².